The normalized spacial score (nSPS) is 12.7. The van der Waals surface area contributed by atoms with E-state index in [1.54, 1.807) is 18.2 Å². The number of benzene rings is 2. The highest BCUT2D eigenvalue weighted by atomic mass is 35.5. The van der Waals surface area contributed by atoms with Crippen LogP contribution in [0.15, 0.2) is 42.5 Å². The van der Waals surface area contributed by atoms with Gasteiger partial charge >= 0.3 is 0 Å². The zero-order chi connectivity index (χ0) is 15.4. The lowest BCUT2D eigenvalue weighted by molar-refractivity contribution is 0.237. The topological polar surface area (TPSA) is 29.3 Å². The highest BCUT2D eigenvalue weighted by Gasteiger charge is 2.20. The maximum Gasteiger partial charge on any atom is 0.146 e. The Bertz CT molecular complexity index is 598. The van der Waals surface area contributed by atoms with Gasteiger partial charge in [-0.2, -0.15) is 0 Å². The summed E-state index contributed by atoms with van der Waals surface area (Å²) in [5.74, 6) is -0.384. The molecular formula is C17H20ClFN2. The van der Waals surface area contributed by atoms with Crippen molar-refractivity contribution in [3.63, 3.8) is 0 Å². The molecule has 0 bridgehead atoms. The minimum atomic E-state index is -0.384. The van der Waals surface area contributed by atoms with Crippen molar-refractivity contribution in [3.05, 3.63) is 70.0 Å². The van der Waals surface area contributed by atoms with Crippen molar-refractivity contribution in [2.45, 2.75) is 19.5 Å². The first-order valence-electron chi connectivity index (χ1n) is 6.92. The van der Waals surface area contributed by atoms with Crippen LogP contribution in [-0.4, -0.2) is 18.5 Å². The number of aryl methyl sites for hydroxylation is 1. The Morgan fingerprint density at radius 1 is 1.19 bits per heavy atom. The maximum atomic E-state index is 14.2. The van der Waals surface area contributed by atoms with Crippen LogP contribution in [0.4, 0.5) is 4.39 Å². The molecule has 0 heterocycles. The fourth-order valence-corrected chi connectivity index (χ4v) is 2.60. The molecule has 2 nitrogen and oxygen atoms in total. The molecule has 2 rings (SSSR count). The molecule has 4 heteroatoms. The van der Waals surface area contributed by atoms with Gasteiger partial charge in [0, 0.05) is 24.7 Å². The molecule has 0 saturated heterocycles. The summed E-state index contributed by atoms with van der Waals surface area (Å²) in [5.41, 5.74) is 8.78. The molecule has 0 fully saturated rings. The molecule has 0 aliphatic heterocycles. The van der Waals surface area contributed by atoms with Crippen molar-refractivity contribution < 1.29 is 4.39 Å². The Morgan fingerprint density at radius 2 is 1.86 bits per heavy atom. The van der Waals surface area contributed by atoms with E-state index >= 15 is 0 Å². The first kappa shape index (κ1) is 16.0. The predicted octanol–water partition coefficient (Wildman–Crippen LogP) is 3.92. The van der Waals surface area contributed by atoms with Gasteiger partial charge in [-0.05, 0) is 25.6 Å². The molecule has 21 heavy (non-hydrogen) atoms. The standard InChI is InChI=1S/C17H20ClFN2/c1-12-6-8-13(9-7-12)11-21(2)16(10-20)14-4-3-5-15(18)17(14)19/h3-9,16H,10-11,20H2,1-2H3. The van der Waals surface area contributed by atoms with Crippen molar-refractivity contribution in [1.29, 1.82) is 0 Å². The number of halogens is 2. The Balaban J connectivity index is 2.20. The summed E-state index contributed by atoms with van der Waals surface area (Å²) in [6, 6.07) is 13.1. The van der Waals surface area contributed by atoms with Gasteiger partial charge in [0.25, 0.3) is 0 Å². The number of hydrogen-bond acceptors (Lipinski definition) is 2. The first-order valence-corrected chi connectivity index (χ1v) is 7.30. The molecular weight excluding hydrogens is 287 g/mol. The maximum absolute atomic E-state index is 14.2. The summed E-state index contributed by atoms with van der Waals surface area (Å²) in [5, 5.41) is 0.134. The van der Waals surface area contributed by atoms with Crippen LogP contribution in [0.25, 0.3) is 0 Å². The van der Waals surface area contributed by atoms with Crippen LogP contribution in [0.5, 0.6) is 0 Å². The fraction of sp³-hybridized carbons (Fsp3) is 0.294. The highest BCUT2D eigenvalue weighted by molar-refractivity contribution is 6.30. The van der Waals surface area contributed by atoms with Crippen molar-refractivity contribution >= 4 is 11.6 Å². The van der Waals surface area contributed by atoms with Gasteiger partial charge in [0.15, 0.2) is 0 Å². The van der Waals surface area contributed by atoms with E-state index in [0.717, 1.165) is 0 Å². The summed E-state index contributed by atoms with van der Waals surface area (Å²) >= 11 is 5.86. The molecule has 0 amide bonds. The minimum Gasteiger partial charge on any atom is -0.329 e. The van der Waals surface area contributed by atoms with Crippen molar-refractivity contribution in [2.24, 2.45) is 5.73 Å². The zero-order valence-electron chi connectivity index (χ0n) is 12.3. The van der Waals surface area contributed by atoms with E-state index in [4.69, 9.17) is 17.3 Å². The molecule has 112 valence electrons. The molecule has 0 aliphatic carbocycles. The van der Waals surface area contributed by atoms with Crippen molar-refractivity contribution in [2.75, 3.05) is 13.6 Å². The quantitative estimate of drug-likeness (QED) is 0.907. The van der Waals surface area contributed by atoms with E-state index in [1.165, 1.54) is 11.1 Å². The number of nitrogens with two attached hydrogens (primary N) is 1. The molecule has 1 atom stereocenters. The van der Waals surface area contributed by atoms with Crippen LogP contribution < -0.4 is 5.73 Å². The lowest BCUT2D eigenvalue weighted by Crippen LogP contribution is -2.31. The summed E-state index contributed by atoms with van der Waals surface area (Å²) in [6.45, 7) is 3.09. The van der Waals surface area contributed by atoms with E-state index in [9.17, 15) is 4.39 Å². The van der Waals surface area contributed by atoms with Gasteiger partial charge < -0.3 is 5.73 Å². The summed E-state index contributed by atoms with van der Waals surface area (Å²) in [4.78, 5) is 2.04. The average Bonchev–Trinajstić information content (AvgIpc) is 2.47. The molecule has 1 unspecified atom stereocenters. The van der Waals surface area contributed by atoms with Gasteiger partial charge in [-0.3, -0.25) is 4.90 Å². The van der Waals surface area contributed by atoms with Crippen LogP contribution in [-0.2, 0) is 6.54 Å². The van der Waals surface area contributed by atoms with Crippen LogP contribution in [0.3, 0.4) is 0 Å². The van der Waals surface area contributed by atoms with Gasteiger partial charge in [0.2, 0.25) is 0 Å². The largest absolute Gasteiger partial charge is 0.329 e. The number of hydrogen-bond donors (Lipinski definition) is 1. The molecule has 2 aromatic rings. The fourth-order valence-electron chi connectivity index (χ4n) is 2.41. The molecule has 2 N–H and O–H groups in total. The number of nitrogens with zero attached hydrogens (tertiary/aromatic N) is 1. The predicted molar refractivity (Wildman–Crippen MR) is 85.9 cm³/mol. The Morgan fingerprint density at radius 3 is 2.48 bits per heavy atom. The Labute approximate surface area is 130 Å². The Hall–Kier alpha value is -1.42. The van der Waals surface area contributed by atoms with Crippen molar-refractivity contribution in [1.82, 2.24) is 4.90 Å². The van der Waals surface area contributed by atoms with Crippen LogP contribution in [0, 0.1) is 12.7 Å². The molecule has 0 aliphatic rings. The van der Waals surface area contributed by atoms with Crippen LogP contribution >= 0.6 is 11.6 Å². The second kappa shape index (κ2) is 7.03. The highest BCUT2D eigenvalue weighted by Crippen LogP contribution is 2.27. The zero-order valence-corrected chi connectivity index (χ0v) is 13.1. The van der Waals surface area contributed by atoms with Crippen LogP contribution in [0.1, 0.15) is 22.7 Å². The molecule has 2 aromatic carbocycles. The molecule has 0 radical (unpaired) electrons. The Kier molecular flexibility index (Phi) is 5.34. The summed E-state index contributed by atoms with van der Waals surface area (Å²) in [6.07, 6.45) is 0. The minimum absolute atomic E-state index is 0.134. The van der Waals surface area contributed by atoms with Crippen LogP contribution in [0.2, 0.25) is 5.02 Å². The van der Waals surface area contributed by atoms with Crippen molar-refractivity contribution in [3.8, 4) is 0 Å². The van der Waals surface area contributed by atoms with E-state index in [-0.39, 0.29) is 16.9 Å². The van der Waals surface area contributed by atoms with Gasteiger partial charge in [-0.25, -0.2) is 4.39 Å². The third-order valence-corrected chi connectivity index (χ3v) is 3.94. The number of rotatable bonds is 5. The molecule has 0 spiro atoms. The number of likely N-dealkylation sites (N-methyl/N-ethyl adjacent to an activating group) is 1. The third kappa shape index (κ3) is 3.82. The SMILES string of the molecule is Cc1ccc(CN(C)C(CN)c2cccc(Cl)c2F)cc1. The monoisotopic (exact) mass is 306 g/mol. The van der Waals surface area contributed by atoms with E-state index in [0.29, 0.717) is 18.7 Å². The van der Waals surface area contributed by atoms with Gasteiger partial charge in [0.05, 0.1) is 5.02 Å². The van der Waals surface area contributed by atoms with Gasteiger partial charge in [-0.15, -0.1) is 0 Å². The third-order valence-electron chi connectivity index (χ3n) is 3.65. The molecule has 0 saturated carbocycles. The second-order valence-electron chi connectivity index (χ2n) is 5.30. The van der Waals surface area contributed by atoms with Gasteiger partial charge in [-0.1, -0.05) is 53.6 Å². The second-order valence-corrected chi connectivity index (χ2v) is 5.70. The van der Waals surface area contributed by atoms with E-state index in [2.05, 4.69) is 31.2 Å². The lowest BCUT2D eigenvalue weighted by atomic mass is 10.0. The lowest BCUT2D eigenvalue weighted by Gasteiger charge is -2.28. The summed E-state index contributed by atoms with van der Waals surface area (Å²) < 4.78 is 14.2. The smallest absolute Gasteiger partial charge is 0.146 e. The average molecular weight is 307 g/mol. The van der Waals surface area contributed by atoms with E-state index in [1.807, 2.05) is 11.9 Å². The summed E-state index contributed by atoms with van der Waals surface area (Å²) in [7, 11) is 1.94. The first-order chi connectivity index (χ1) is 10.0. The van der Waals surface area contributed by atoms with Gasteiger partial charge in [0.1, 0.15) is 5.82 Å². The van der Waals surface area contributed by atoms with E-state index < -0.39 is 0 Å². The molecule has 0 aromatic heterocycles.